The summed E-state index contributed by atoms with van der Waals surface area (Å²) in [6.07, 6.45) is 8.15. The molecule has 0 nitrogen and oxygen atoms in total. The fourth-order valence-electron chi connectivity index (χ4n) is 3.96. The van der Waals surface area contributed by atoms with Crippen molar-refractivity contribution in [2.45, 2.75) is 26.7 Å². The van der Waals surface area contributed by atoms with E-state index in [2.05, 4.69) is 101 Å². The largest absolute Gasteiger partial charge is 0.0991 e. The van der Waals surface area contributed by atoms with E-state index in [4.69, 9.17) is 0 Å². The number of benzene rings is 3. The van der Waals surface area contributed by atoms with Crippen molar-refractivity contribution in [1.29, 1.82) is 0 Å². The smallest absolute Gasteiger partial charge is 0.0345 e. The van der Waals surface area contributed by atoms with Crippen molar-refractivity contribution in [1.82, 2.24) is 0 Å². The van der Waals surface area contributed by atoms with Gasteiger partial charge in [-0.05, 0) is 64.2 Å². The van der Waals surface area contributed by atoms with Crippen molar-refractivity contribution in [2.24, 2.45) is 0 Å². The van der Waals surface area contributed by atoms with Crippen LogP contribution in [0.2, 0.25) is 0 Å². The molecule has 3 rings (SSSR count). The fourth-order valence-corrected chi connectivity index (χ4v) is 3.96. The van der Waals surface area contributed by atoms with Crippen LogP contribution in [0, 0.1) is 13.8 Å². The molecule has 0 spiro atoms. The Bertz CT molecular complexity index is 1170. The number of rotatable bonds is 5. The Morgan fingerprint density at radius 1 is 0.893 bits per heavy atom. The average Bonchev–Trinajstić information content (AvgIpc) is 2.72. The van der Waals surface area contributed by atoms with Crippen LogP contribution in [0.25, 0.3) is 23.9 Å². The molecule has 3 aromatic carbocycles. The molecule has 1 unspecified atom stereocenters. The summed E-state index contributed by atoms with van der Waals surface area (Å²) in [4.78, 5) is 0. The lowest BCUT2D eigenvalue weighted by molar-refractivity contribution is 0.949. The minimum atomic E-state index is 0.0967. The lowest BCUT2D eigenvalue weighted by Gasteiger charge is -2.24. The van der Waals surface area contributed by atoms with Crippen molar-refractivity contribution in [2.75, 3.05) is 0 Å². The van der Waals surface area contributed by atoms with E-state index in [0.717, 1.165) is 10.4 Å². The van der Waals surface area contributed by atoms with Gasteiger partial charge >= 0.3 is 0 Å². The zero-order chi connectivity index (χ0) is 20.3. The molecule has 1 atom stereocenters. The maximum Gasteiger partial charge on any atom is 0.0345 e. The molecule has 0 radical (unpaired) electrons. The van der Waals surface area contributed by atoms with E-state index < -0.39 is 0 Å². The first-order valence-electron chi connectivity index (χ1n) is 9.70. The van der Waals surface area contributed by atoms with Gasteiger partial charge in [-0.15, -0.1) is 0 Å². The van der Waals surface area contributed by atoms with Gasteiger partial charge in [-0.2, -0.15) is 0 Å². The normalized spacial score (nSPS) is 13.2. The first-order valence-corrected chi connectivity index (χ1v) is 9.70. The lowest BCUT2D eigenvalue weighted by Crippen LogP contribution is -2.24. The second-order valence-corrected chi connectivity index (χ2v) is 7.27. The standard InChI is InChI=1S/C28H28/c1-7-9-12-23(8-2)28(24-17-15-19(3)16-18-24)27-21(5)20(4)25-13-10-11-14-26(25)22(27)6/h7-18,28H,1,4,6H2,2-3,5H3/b12-9-,23-8+. The Morgan fingerprint density at radius 2 is 1.50 bits per heavy atom. The molecule has 140 valence electrons. The predicted molar refractivity (Wildman–Crippen MR) is 125 cm³/mol. The number of aryl methyl sites for hydroxylation is 1. The Balaban J connectivity index is 2.40. The Hall–Kier alpha value is -3.12. The maximum atomic E-state index is 4.51. The predicted octanol–water partition coefficient (Wildman–Crippen LogP) is 6.10. The Morgan fingerprint density at radius 3 is 2.07 bits per heavy atom. The molecule has 0 aliphatic heterocycles. The second kappa shape index (κ2) is 8.27. The molecule has 0 saturated carbocycles. The van der Waals surface area contributed by atoms with Crippen LogP contribution in [0.5, 0.6) is 0 Å². The maximum absolute atomic E-state index is 4.51. The summed E-state index contributed by atoms with van der Waals surface area (Å²) in [7, 11) is 0. The Labute approximate surface area is 168 Å². The molecule has 3 aromatic rings. The van der Waals surface area contributed by atoms with E-state index in [1.54, 1.807) is 0 Å². The van der Waals surface area contributed by atoms with Crippen LogP contribution in [0.4, 0.5) is 0 Å². The molecule has 0 heterocycles. The molecule has 0 heteroatoms. The summed E-state index contributed by atoms with van der Waals surface area (Å²) < 4.78 is 0. The molecule has 0 aliphatic carbocycles. The third-order valence-electron chi connectivity index (χ3n) is 5.55. The topological polar surface area (TPSA) is 0 Å². The van der Waals surface area contributed by atoms with E-state index in [-0.39, 0.29) is 5.92 Å². The van der Waals surface area contributed by atoms with Crippen molar-refractivity contribution in [3.8, 4) is 0 Å². The van der Waals surface area contributed by atoms with E-state index in [0.29, 0.717) is 0 Å². The average molecular weight is 365 g/mol. The highest BCUT2D eigenvalue weighted by molar-refractivity contribution is 5.86. The van der Waals surface area contributed by atoms with E-state index >= 15 is 0 Å². The lowest BCUT2D eigenvalue weighted by atomic mass is 9.79. The number of fused-ring (bicyclic) bond motifs is 1. The van der Waals surface area contributed by atoms with Crippen LogP contribution in [0.15, 0.2) is 85.0 Å². The van der Waals surface area contributed by atoms with Gasteiger partial charge in [0.25, 0.3) is 0 Å². The zero-order valence-corrected chi connectivity index (χ0v) is 17.1. The monoisotopic (exact) mass is 364 g/mol. The van der Waals surface area contributed by atoms with E-state index in [9.17, 15) is 0 Å². The molecule has 0 N–H and O–H groups in total. The quantitative estimate of drug-likeness (QED) is 0.480. The third kappa shape index (κ3) is 3.51. The van der Waals surface area contributed by atoms with Crippen molar-refractivity contribution in [3.05, 3.63) is 118 Å². The van der Waals surface area contributed by atoms with Gasteiger partial charge in [0.15, 0.2) is 0 Å². The van der Waals surface area contributed by atoms with Crippen LogP contribution in [0.1, 0.15) is 35.1 Å². The summed E-state index contributed by atoms with van der Waals surface area (Å²) in [5, 5.41) is 4.52. The van der Waals surface area contributed by atoms with Crippen LogP contribution in [-0.2, 0) is 0 Å². The third-order valence-corrected chi connectivity index (χ3v) is 5.55. The van der Waals surface area contributed by atoms with E-state index in [1.165, 1.54) is 38.6 Å². The summed E-state index contributed by atoms with van der Waals surface area (Å²) in [6.45, 7) is 19.1. The summed E-state index contributed by atoms with van der Waals surface area (Å²) in [5.41, 5.74) is 6.20. The zero-order valence-electron chi connectivity index (χ0n) is 17.1. The molecule has 0 amide bonds. The molecule has 0 aliphatic rings. The molecule has 0 aromatic heterocycles. The summed E-state index contributed by atoms with van der Waals surface area (Å²) in [6, 6.07) is 17.2. The number of hydrogen-bond acceptors (Lipinski definition) is 0. The molecule has 0 saturated heterocycles. The van der Waals surface area contributed by atoms with Crippen LogP contribution < -0.4 is 10.4 Å². The van der Waals surface area contributed by atoms with Gasteiger partial charge in [0.05, 0.1) is 0 Å². The van der Waals surface area contributed by atoms with Gasteiger partial charge in [0, 0.05) is 5.92 Å². The molecular weight excluding hydrogens is 336 g/mol. The first kappa shape index (κ1) is 19.6. The van der Waals surface area contributed by atoms with Crippen LogP contribution in [0.3, 0.4) is 0 Å². The second-order valence-electron chi connectivity index (χ2n) is 7.27. The Kier molecular flexibility index (Phi) is 5.80. The highest BCUT2D eigenvalue weighted by Crippen LogP contribution is 2.33. The molecule has 0 fully saturated rings. The van der Waals surface area contributed by atoms with Crippen molar-refractivity contribution in [3.63, 3.8) is 0 Å². The van der Waals surface area contributed by atoms with Gasteiger partial charge in [-0.3, -0.25) is 0 Å². The van der Waals surface area contributed by atoms with E-state index in [1.807, 2.05) is 12.2 Å². The molecular formula is C28H28. The summed E-state index contributed by atoms with van der Waals surface area (Å²) >= 11 is 0. The first-order chi connectivity index (χ1) is 13.5. The number of hydrogen-bond donors (Lipinski definition) is 0. The summed E-state index contributed by atoms with van der Waals surface area (Å²) in [5.74, 6) is 0.0967. The van der Waals surface area contributed by atoms with Gasteiger partial charge in [0.1, 0.15) is 0 Å². The van der Waals surface area contributed by atoms with Gasteiger partial charge in [-0.25, -0.2) is 0 Å². The van der Waals surface area contributed by atoms with Crippen molar-refractivity contribution < 1.29 is 0 Å². The minimum Gasteiger partial charge on any atom is -0.0991 e. The van der Waals surface area contributed by atoms with Gasteiger partial charge in [-0.1, -0.05) is 98.1 Å². The fraction of sp³-hybridized carbons (Fsp3) is 0.143. The van der Waals surface area contributed by atoms with Crippen LogP contribution in [-0.4, -0.2) is 0 Å². The molecule has 0 bridgehead atoms. The minimum absolute atomic E-state index is 0.0967. The van der Waals surface area contributed by atoms with Crippen LogP contribution >= 0.6 is 0 Å². The number of allylic oxidation sites excluding steroid dienone is 5. The highest BCUT2D eigenvalue weighted by Gasteiger charge is 2.21. The van der Waals surface area contributed by atoms with Crippen molar-refractivity contribution >= 4 is 23.9 Å². The highest BCUT2D eigenvalue weighted by atomic mass is 14.2. The SMILES string of the molecule is C=C/C=C\C(=C/C)C(c1ccc(C)cc1)c1c(C)c(=C)c2ccccc2c1=C. The van der Waals surface area contributed by atoms with Gasteiger partial charge < -0.3 is 0 Å². The van der Waals surface area contributed by atoms with Gasteiger partial charge in [0.2, 0.25) is 0 Å². The molecule has 28 heavy (non-hydrogen) atoms.